The Morgan fingerprint density at radius 3 is 2.52 bits per heavy atom. The fourth-order valence-corrected chi connectivity index (χ4v) is 2.25. The Labute approximate surface area is 130 Å². The fraction of sp³-hybridized carbons (Fsp3) is 0.467. The van der Waals surface area contributed by atoms with Crippen molar-refractivity contribution in [2.75, 3.05) is 23.9 Å². The van der Waals surface area contributed by atoms with Crippen LogP contribution in [-0.2, 0) is 16.0 Å². The highest BCUT2D eigenvalue weighted by molar-refractivity contribution is 7.98. The topological polar surface area (TPSA) is 84.2 Å². The van der Waals surface area contributed by atoms with Crippen LogP contribution in [0.2, 0.25) is 0 Å². The van der Waals surface area contributed by atoms with E-state index in [1.54, 1.807) is 23.9 Å². The molecule has 116 valence electrons. The van der Waals surface area contributed by atoms with Crippen molar-refractivity contribution in [2.24, 2.45) is 5.73 Å². The predicted octanol–water partition coefficient (Wildman–Crippen LogP) is 1.38. The van der Waals surface area contributed by atoms with E-state index >= 15 is 0 Å². The van der Waals surface area contributed by atoms with Gasteiger partial charge in [0.1, 0.15) is 0 Å². The molecule has 0 unspecified atom stereocenters. The van der Waals surface area contributed by atoms with Crippen molar-refractivity contribution in [1.29, 1.82) is 0 Å². The highest BCUT2D eigenvalue weighted by Crippen LogP contribution is 2.11. The molecule has 1 aromatic carbocycles. The number of rotatable bonds is 8. The Morgan fingerprint density at radius 1 is 1.29 bits per heavy atom. The lowest BCUT2D eigenvalue weighted by atomic mass is 10.1. The first-order chi connectivity index (χ1) is 10.1. The van der Waals surface area contributed by atoms with Crippen molar-refractivity contribution in [2.45, 2.75) is 25.8 Å². The van der Waals surface area contributed by atoms with Crippen LogP contribution in [0.5, 0.6) is 0 Å². The van der Waals surface area contributed by atoms with E-state index in [1.807, 2.05) is 25.3 Å². The first kappa shape index (κ1) is 17.5. The second kappa shape index (κ2) is 9.41. The Balaban J connectivity index is 2.50. The van der Waals surface area contributed by atoms with Crippen LogP contribution in [0, 0.1) is 0 Å². The van der Waals surface area contributed by atoms with Crippen molar-refractivity contribution in [3.05, 3.63) is 29.8 Å². The second-order valence-electron chi connectivity index (χ2n) is 4.70. The summed E-state index contributed by atoms with van der Waals surface area (Å²) in [6.07, 6.45) is 2.98. The van der Waals surface area contributed by atoms with Gasteiger partial charge in [-0.15, -0.1) is 0 Å². The van der Waals surface area contributed by atoms with Gasteiger partial charge in [0.05, 0.1) is 12.5 Å². The smallest absolute Gasteiger partial charge is 0.241 e. The standard InChI is InChI=1S/C15H23N3O2S/c1-3-17-14(19)10-11-4-6-12(7-5-11)18-15(20)13(16)8-9-21-2/h4-7,13H,3,8-10,16H2,1-2H3,(H,17,19)(H,18,20)/t13-/m0/s1. The number of carbonyl (C=O) groups excluding carboxylic acids is 2. The third kappa shape index (κ3) is 6.64. The number of amides is 2. The van der Waals surface area contributed by atoms with Crippen LogP contribution in [-0.4, -0.2) is 36.4 Å². The minimum Gasteiger partial charge on any atom is -0.356 e. The Bertz CT molecular complexity index is 462. The van der Waals surface area contributed by atoms with Crippen molar-refractivity contribution in [1.82, 2.24) is 5.32 Å². The third-order valence-electron chi connectivity index (χ3n) is 2.93. The summed E-state index contributed by atoms with van der Waals surface area (Å²) in [4.78, 5) is 23.3. The maximum Gasteiger partial charge on any atom is 0.241 e. The summed E-state index contributed by atoms with van der Waals surface area (Å²) in [5.74, 6) is 0.675. The minimum atomic E-state index is -0.493. The molecule has 1 rings (SSSR count). The maximum absolute atomic E-state index is 11.9. The van der Waals surface area contributed by atoms with Crippen LogP contribution in [0.15, 0.2) is 24.3 Å². The molecule has 1 atom stereocenters. The number of thioether (sulfide) groups is 1. The van der Waals surface area contributed by atoms with Crippen LogP contribution in [0.1, 0.15) is 18.9 Å². The quantitative estimate of drug-likeness (QED) is 0.677. The van der Waals surface area contributed by atoms with Crippen LogP contribution >= 0.6 is 11.8 Å². The first-order valence-electron chi connectivity index (χ1n) is 6.97. The average Bonchev–Trinajstić information content (AvgIpc) is 2.47. The molecule has 0 aliphatic heterocycles. The monoisotopic (exact) mass is 309 g/mol. The third-order valence-corrected chi connectivity index (χ3v) is 3.57. The van der Waals surface area contributed by atoms with Gasteiger partial charge >= 0.3 is 0 Å². The van der Waals surface area contributed by atoms with E-state index in [9.17, 15) is 9.59 Å². The normalized spacial score (nSPS) is 11.8. The zero-order valence-corrected chi connectivity index (χ0v) is 13.3. The molecule has 1 aromatic rings. The van der Waals surface area contributed by atoms with Gasteiger partial charge in [0, 0.05) is 12.2 Å². The van der Waals surface area contributed by atoms with Gasteiger partial charge in [-0.3, -0.25) is 9.59 Å². The number of nitrogens with two attached hydrogens (primary N) is 1. The van der Waals surface area contributed by atoms with Gasteiger partial charge in [-0.05, 0) is 43.0 Å². The number of likely N-dealkylation sites (N-methyl/N-ethyl adjacent to an activating group) is 1. The molecule has 0 heterocycles. The molecule has 0 aromatic heterocycles. The van der Waals surface area contributed by atoms with Crippen molar-refractivity contribution in [3.8, 4) is 0 Å². The summed E-state index contributed by atoms with van der Waals surface area (Å²) in [5, 5.41) is 5.53. The lowest BCUT2D eigenvalue weighted by Crippen LogP contribution is -2.36. The predicted molar refractivity (Wildman–Crippen MR) is 88.4 cm³/mol. The second-order valence-corrected chi connectivity index (χ2v) is 5.69. The van der Waals surface area contributed by atoms with E-state index in [4.69, 9.17) is 5.73 Å². The zero-order valence-electron chi connectivity index (χ0n) is 12.5. The number of benzene rings is 1. The SMILES string of the molecule is CCNC(=O)Cc1ccc(NC(=O)[C@@H](N)CCSC)cc1. The number of anilines is 1. The summed E-state index contributed by atoms with van der Waals surface area (Å²) >= 11 is 1.67. The Hall–Kier alpha value is -1.53. The van der Waals surface area contributed by atoms with Crippen molar-refractivity contribution in [3.63, 3.8) is 0 Å². The molecular formula is C15H23N3O2S. The summed E-state index contributed by atoms with van der Waals surface area (Å²) in [5.41, 5.74) is 7.40. The van der Waals surface area contributed by atoms with Gasteiger partial charge < -0.3 is 16.4 Å². The van der Waals surface area contributed by atoms with E-state index in [0.29, 0.717) is 25.1 Å². The molecule has 0 bridgehead atoms. The Morgan fingerprint density at radius 2 is 1.95 bits per heavy atom. The van der Waals surface area contributed by atoms with Crippen LogP contribution in [0.4, 0.5) is 5.69 Å². The van der Waals surface area contributed by atoms with E-state index < -0.39 is 6.04 Å². The van der Waals surface area contributed by atoms with Crippen LogP contribution < -0.4 is 16.4 Å². The van der Waals surface area contributed by atoms with Crippen molar-refractivity contribution < 1.29 is 9.59 Å². The summed E-state index contributed by atoms with van der Waals surface area (Å²) in [6, 6.07) is 6.74. The van der Waals surface area contributed by atoms with Gasteiger partial charge in [0.2, 0.25) is 11.8 Å². The molecular weight excluding hydrogens is 286 g/mol. The molecule has 0 aliphatic carbocycles. The van der Waals surface area contributed by atoms with E-state index in [1.165, 1.54) is 0 Å². The van der Waals surface area contributed by atoms with Crippen LogP contribution in [0.25, 0.3) is 0 Å². The molecule has 0 aliphatic rings. The lowest BCUT2D eigenvalue weighted by Gasteiger charge is -2.12. The molecule has 4 N–H and O–H groups in total. The summed E-state index contributed by atoms with van der Waals surface area (Å²) in [6.45, 7) is 2.51. The summed E-state index contributed by atoms with van der Waals surface area (Å²) in [7, 11) is 0. The highest BCUT2D eigenvalue weighted by Gasteiger charge is 2.12. The average molecular weight is 309 g/mol. The maximum atomic E-state index is 11.9. The van der Waals surface area contributed by atoms with Gasteiger partial charge in [-0.1, -0.05) is 12.1 Å². The van der Waals surface area contributed by atoms with Gasteiger partial charge in [-0.25, -0.2) is 0 Å². The molecule has 0 saturated heterocycles. The highest BCUT2D eigenvalue weighted by atomic mass is 32.2. The number of hydrogen-bond donors (Lipinski definition) is 3. The first-order valence-corrected chi connectivity index (χ1v) is 8.37. The van der Waals surface area contributed by atoms with E-state index in [2.05, 4.69) is 10.6 Å². The number of nitrogens with one attached hydrogen (secondary N) is 2. The molecule has 2 amide bonds. The molecule has 0 fully saturated rings. The molecule has 5 nitrogen and oxygen atoms in total. The van der Waals surface area contributed by atoms with Crippen molar-refractivity contribution >= 4 is 29.3 Å². The van der Waals surface area contributed by atoms with Gasteiger partial charge in [-0.2, -0.15) is 11.8 Å². The molecule has 0 saturated carbocycles. The van der Waals surface area contributed by atoms with Gasteiger partial charge in [0.25, 0.3) is 0 Å². The lowest BCUT2D eigenvalue weighted by molar-refractivity contribution is -0.120. The summed E-state index contributed by atoms with van der Waals surface area (Å²) < 4.78 is 0. The van der Waals surface area contributed by atoms with Crippen LogP contribution in [0.3, 0.4) is 0 Å². The number of carbonyl (C=O) groups is 2. The number of hydrogen-bond acceptors (Lipinski definition) is 4. The Kier molecular flexibility index (Phi) is 7.85. The largest absolute Gasteiger partial charge is 0.356 e. The molecule has 6 heteroatoms. The minimum absolute atomic E-state index is 0.00614. The van der Waals surface area contributed by atoms with E-state index in [-0.39, 0.29) is 11.8 Å². The van der Waals surface area contributed by atoms with Gasteiger partial charge in [0.15, 0.2) is 0 Å². The molecule has 0 spiro atoms. The molecule has 21 heavy (non-hydrogen) atoms. The molecule has 0 radical (unpaired) electrons. The zero-order chi connectivity index (χ0) is 15.7. The van der Waals surface area contributed by atoms with E-state index in [0.717, 1.165) is 11.3 Å². The fourth-order valence-electron chi connectivity index (χ4n) is 1.76.